The van der Waals surface area contributed by atoms with E-state index in [0.29, 0.717) is 50.5 Å². The molecule has 0 saturated heterocycles. The number of hydrogen-bond donors (Lipinski definition) is 1. The lowest BCUT2D eigenvalue weighted by atomic mass is 9.92. The standard InChI is InChI=1S/C49H55F2N7O7/c1-56-45-34(9-5-11-42(45)58(49(56)62)41-21-20-38(59)29-43(41)60)10-6-25-64-27-7-26-63-24-4-2-3-8-32-15-18-37(19-16-32)57-30-39(44(55-57)46(50)51)53-47(61)40-31-65-48(54-40)35-22-23-52-36(28-35)17-14-33-12-13-33/h5,9,11,15-16,18-19,22-23,28,30-31,33,41,46H,2-4,6-8,10,12-14,17,20-21,24-27,29H2,1H3,(H,53,61). The van der Waals surface area contributed by atoms with Gasteiger partial charge in [0, 0.05) is 57.4 Å². The third kappa shape index (κ3) is 11.4. The Kier molecular flexibility index (Phi) is 14.8. The number of ketones is 2. The Morgan fingerprint density at radius 3 is 2.46 bits per heavy atom. The van der Waals surface area contributed by atoms with E-state index in [2.05, 4.69) is 20.4 Å². The molecule has 2 saturated carbocycles. The van der Waals surface area contributed by atoms with Gasteiger partial charge in [-0.1, -0.05) is 43.5 Å². The number of para-hydroxylation sites is 1. The summed E-state index contributed by atoms with van der Waals surface area (Å²) in [5.41, 5.74) is 4.95. The minimum absolute atomic E-state index is 0.0400. The molecule has 1 amide bonds. The van der Waals surface area contributed by atoms with Crippen molar-refractivity contribution in [3.05, 3.63) is 112 Å². The van der Waals surface area contributed by atoms with Crippen LogP contribution in [0.4, 0.5) is 14.5 Å². The lowest BCUT2D eigenvalue weighted by Gasteiger charge is -2.21. The van der Waals surface area contributed by atoms with Crippen LogP contribution < -0.4 is 11.0 Å². The van der Waals surface area contributed by atoms with Crippen molar-refractivity contribution in [2.75, 3.05) is 31.7 Å². The fourth-order valence-electron chi connectivity index (χ4n) is 8.49. The van der Waals surface area contributed by atoms with Gasteiger partial charge in [0.25, 0.3) is 12.3 Å². The number of pyridine rings is 1. The number of hydrogen-bond acceptors (Lipinski definition) is 10. The van der Waals surface area contributed by atoms with Crippen molar-refractivity contribution >= 4 is 34.2 Å². The highest BCUT2D eigenvalue weighted by Crippen LogP contribution is 2.34. The number of amides is 1. The summed E-state index contributed by atoms with van der Waals surface area (Å²) in [6.45, 7) is 2.45. The van der Waals surface area contributed by atoms with E-state index in [9.17, 15) is 28.0 Å². The summed E-state index contributed by atoms with van der Waals surface area (Å²) in [7, 11) is 1.73. The molecule has 1 N–H and O–H groups in total. The number of rotatable bonds is 23. The molecule has 342 valence electrons. The van der Waals surface area contributed by atoms with E-state index in [1.165, 1.54) is 30.0 Å². The van der Waals surface area contributed by atoms with Crippen molar-refractivity contribution in [1.82, 2.24) is 28.9 Å². The second-order valence-corrected chi connectivity index (χ2v) is 17.1. The Labute approximate surface area is 375 Å². The van der Waals surface area contributed by atoms with Crippen LogP contribution in [0.3, 0.4) is 0 Å². The fourth-order valence-corrected chi connectivity index (χ4v) is 8.49. The van der Waals surface area contributed by atoms with E-state index in [4.69, 9.17) is 13.9 Å². The number of nitrogens with zero attached hydrogens (tertiary/aromatic N) is 6. The van der Waals surface area contributed by atoms with Crippen molar-refractivity contribution in [2.45, 2.75) is 102 Å². The van der Waals surface area contributed by atoms with Gasteiger partial charge in [0.2, 0.25) is 5.89 Å². The summed E-state index contributed by atoms with van der Waals surface area (Å²) in [4.78, 5) is 59.5. The molecule has 0 radical (unpaired) electrons. The molecule has 0 spiro atoms. The molecule has 2 fully saturated rings. The normalized spacial score (nSPS) is 15.4. The maximum absolute atomic E-state index is 14.1. The number of aromatic nitrogens is 6. The van der Waals surface area contributed by atoms with Gasteiger partial charge in [-0.2, -0.15) is 5.10 Å². The minimum atomic E-state index is -2.91. The maximum atomic E-state index is 14.1. The zero-order valence-electron chi connectivity index (χ0n) is 36.7. The highest BCUT2D eigenvalue weighted by Gasteiger charge is 2.32. The molecular formula is C49H55F2N7O7. The Balaban J connectivity index is 0.708. The van der Waals surface area contributed by atoms with Gasteiger partial charge in [-0.25, -0.2) is 23.2 Å². The number of aryl methyl sites for hydroxylation is 4. The summed E-state index contributed by atoms with van der Waals surface area (Å²) < 4.78 is 49.9. The number of fused-ring (bicyclic) bond motifs is 1. The molecule has 0 aliphatic heterocycles. The molecule has 16 heteroatoms. The van der Waals surface area contributed by atoms with E-state index in [-0.39, 0.29) is 40.9 Å². The SMILES string of the molecule is Cn1c(=O)n(C2CCC(=O)CC2=O)c2cccc(CCCOCCCOCCCCCc3ccc(-n4cc(NC(=O)c5coc(-c6ccnc(CCC7CC7)c6)n5)c(C(F)F)n4)cc3)c21. The highest BCUT2D eigenvalue weighted by atomic mass is 19.3. The minimum Gasteiger partial charge on any atom is -0.444 e. The number of Topliss-reactive ketones (excluding diaryl/α,β-unsaturated/α-hetero) is 2. The van der Waals surface area contributed by atoms with Crippen LogP contribution in [-0.2, 0) is 45.4 Å². The first-order valence-electron chi connectivity index (χ1n) is 22.7. The third-order valence-corrected chi connectivity index (χ3v) is 12.2. The first-order valence-corrected chi connectivity index (χ1v) is 22.7. The number of oxazole rings is 1. The molecule has 4 aromatic heterocycles. The maximum Gasteiger partial charge on any atom is 0.329 e. The number of halogens is 2. The van der Waals surface area contributed by atoms with E-state index in [1.54, 1.807) is 28.4 Å². The Morgan fingerprint density at radius 2 is 1.69 bits per heavy atom. The predicted molar refractivity (Wildman–Crippen MR) is 239 cm³/mol. The summed E-state index contributed by atoms with van der Waals surface area (Å²) in [5, 5.41) is 6.62. The summed E-state index contributed by atoms with van der Waals surface area (Å²) >= 11 is 0. The van der Waals surface area contributed by atoms with Crippen LogP contribution in [0, 0.1) is 5.92 Å². The topological polar surface area (TPSA) is 165 Å². The summed E-state index contributed by atoms with van der Waals surface area (Å²) in [5.74, 6) is 0.0770. The molecular weight excluding hydrogens is 837 g/mol. The number of unbranched alkanes of at least 4 members (excludes halogenated alkanes) is 2. The molecule has 2 aromatic carbocycles. The van der Waals surface area contributed by atoms with E-state index in [1.807, 2.05) is 48.5 Å². The van der Waals surface area contributed by atoms with Gasteiger partial charge in [-0.15, -0.1) is 0 Å². The number of carbonyl (C=O) groups excluding carboxylic acids is 3. The monoisotopic (exact) mass is 891 g/mol. The largest absolute Gasteiger partial charge is 0.444 e. The van der Waals surface area contributed by atoms with Crippen molar-refractivity contribution < 1.29 is 37.1 Å². The molecule has 0 bridgehead atoms. The number of carbonyl (C=O) groups is 3. The van der Waals surface area contributed by atoms with E-state index >= 15 is 0 Å². The van der Waals surface area contributed by atoms with Gasteiger partial charge >= 0.3 is 5.69 Å². The molecule has 14 nitrogen and oxygen atoms in total. The number of alkyl halides is 2. The number of benzene rings is 2. The predicted octanol–water partition coefficient (Wildman–Crippen LogP) is 8.74. The van der Waals surface area contributed by atoms with Gasteiger partial charge in [-0.3, -0.25) is 28.5 Å². The molecule has 6 aromatic rings. The molecule has 1 atom stereocenters. The zero-order chi connectivity index (χ0) is 45.3. The first-order chi connectivity index (χ1) is 31.6. The third-order valence-electron chi connectivity index (χ3n) is 12.2. The average molecular weight is 892 g/mol. The van der Waals surface area contributed by atoms with Crippen LogP contribution in [0.25, 0.3) is 28.2 Å². The van der Waals surface area contributed by atoms with E-state index in [0.717, 1.165) is 91.6 Å². The van der Waals surface area contributed by atoms with Crippen LogP contribution in [-0.4, -0.2) is 72.8 Å². The Morgan fingerprint density at radius 1 is 0.908 bits per heavy atom. The highest BCUT2D eigenvalue weighted by molar-refractivity contribution is 6.04. The Hall–Kier alpha value is -6.13. The first kappa shape index (κ1) is 45.4. The van der Waals surface area contributed by atoms with Gasteiger partial charge in [0.05, 0.1) is 41.1 Å². The van der Waals surface area contributed by atoms with Crippen LogP contribution in [0.2, 0.25) is 0 Å². The number of imidazole rings is 1. The lowest BCUT2D eigenvalue weighted by Crippen LogP contribution is -2.34. The number of ether oxygens (including phenoxy) is 2. The van der Waals surface area contributed by atoms with Crippen molar-refractivity contribution in [1.29, 1.82) is 0 Å². The number of nitrogens with one attached hydrogen (secondary N) is 1. The summed E-state index contributed by atoms with van der Waals surface area (Å²) in [6, 6.07) is 16.4. The lowest BCUT2D eigenvalue weighted by molar-refractivity contribution is -0.132. The van der Waals surface area contributed by atoms with Crippen molar-refractivity contribution in [2.24, 2.45) is 13.0 Å². The molecule has 8 rings (SSSR count). The average Bonchev–Trinajstić information content (AvgIpc) is 3.71. The molecule has 4 heterocycles. The van der Waals surface area contributed by atoms with E-state index < -0.39 is 24.1 Å². The molecule has 2 aliphatic carbocycles. The van der Waals surface area contributed by atoms with Crippen molar-refractivity contribution in [3.8, 4) is 17.1 Å². The quantitative estimate of drug-likeness (QED) is 0.0486. The van der Waals surface area contributed by atoms with Crippen LogP contribution >= 0.6 is 0 Å². The van der Waals surface area contributed by atoms with Crippen molar-refractivity contribution in [3.63, 3.8) is 0 Å². The van der Waals surface area contributed by atoms with Crippen LogP contribution in [0.15, 0.2) is 82.5 Å². The summed E-state index contributed by atoms with van der Waals surface area (Å²) in [6.07, 6.45) is 12.5. The molecule has 2 aliphatic rings. The fraction of sp³-hybridized carbons (Fsp3) is 0.449. The van der Waals surface area contributed by atoms with Gasteiger partial charge in [0.15, 0.2) is 17.2 Å². The zero-order valence-corrected chi connectivity index (χ0v) is 36.7. The second kappa shape index (κ2) is 21.2. The molecule has 65 heavy (non-hydrogen) atoms. The number of anilines is 1. The smallest absolute Gasteiger partial charge is 0.329 e. The van der Waals surface area contributed by atoms with Gasteiger partial charge in [-0.05, 0) is 105 Å². The molecule has 1 unspecified atom stereocenters. The van der Waals surface area contributed by atoms with Gasteiger partial charge in [0.1, 0.15) is 12.0 Å². The Bertz CT molecular complexity index is 2660. The van der Waals surface area contributed by atoms with Gasteiger partial charge < -0.3 is 19.2 Å². The second-order valence-electron chi connectivity index (χ2n) is 17.1. The van der Waals surface area contributed by atoms with Crippen LogP contribution in [0.5, 0.6) is 0 Å². The van der Waals surface area contributed by atoms with Crippen LogP contribution in [0.1, 0.15) is 116 Å².